The van der Waals surface area contributed by atoms with E-state index < -0.39 is 0 Å². The summed E-state index contributed by atoms with van der Waals surface area (Å²) in [6.07, 6.45) is 2.71. The van der Waals surface area contributed by atoms with Crippen molar-refractivity contribution in [1.82, 2.24) is 10.2 Å². The summed E-state index contributed by atoms with van der Waals surface area (Å²) in [6, 6.07) is 4.40. The summed E-state index contributed by atoms with van der Waals surface area (Å²) in [6.45, 7) is 4.04. The van der Waals surface area contributed by atoms with Crippen molar-refractivity contribution in [2.75, 3.05) is 0 Å². The van der Waals surface area contributed by atoms with Crippen molar-refractivity contribution in [2.45, 2.75) is 36.8 Å². The molecule has 1 fully saturated rings. The summed E-state index contributed by atoms with van der Waals surface area (Å²) in [4.78, 5) is 16.4. The molecular weight excluding hydrogens is 358 g/mol. The van der Waals surface area contributed by atoms with E-state index in [1.165, 1.54) is 12.1 Å². The van der Waals surface area contributed by atoms with Crippen molar-refractivity contribution in [3.63, 3.8) is 0 Å². The number of rotatable bonds is 2. The Morgan fingerprint density at radius 3 is 2.81 bits per heavy atom. The first kappa shape index (κ1) is 14.9. The van der Waals surface area contributed by atoms with Gasteiger partial charge in [0.2, 0.25) is 0 Å². The van der Waals surface area contributed by atoms with Gasteiger partial charge in [0.1, 0.15) is 0 Å². The Labute approximate surface area is 134 Å². The molecule has 2 atom stereocenters. The molecule has 1 saturated heterocycles. The van der Waals surface area contributed by atoms with Gasteiger partial charge in [-0.3, -0.25) is 0 Å². The van der Waals surface area contributed by atoms with Crippen LogP contribution in [0.4, 0.5) is 4.39 Å². The Morgan fingerprint density at radius 2 is 2.19 bits per heavy atom. The van der Waals surface area contributed by atoms with Crippen LogP contribution in [0.2, 0.25) is 5.02 Å². The van der Waals surface area contributed by atoms with E-state index in [1.807, 2.05) is 20.0 Å². The van der Waals surface area contributed by atoms with Crippen LogP contribution in [-0.2, 0) is 4.79 Å². The van der Waals surface area contributed by atoms with Crippen LogP contribution >= 0.6 is 11.6 Å². The standard InChI is InChI=1S/C15H16ClFN2OSe/c1-15(2)8-12(13(20)18-15)19-3-4-21-14(19)9-5-10(16)7-11(17)6-9/h3-7,12,14H,8H2,1-2H3,(H,18,20). The predicted molar refractivity (Wildman–Crippen MR) is 81.5 cm³/mol. The van der Waals surface area contributed by atoms with Gasteiger partial charge in [-0.2, -0.15) is 0 Å². The van der Waals surface area contributed by atoms with Gasteiger partial charge in [-0.15, -0.1) is 0 Å². The number of halogens is 2. The molecule has 0 radical (unpaired) electrons. The molecule has 1 amide bonds. The van der Waals surface area contributed by atoms with Gasteiger partial charge >= 0.3 is 134 Å². The van der Waals surface area contributed by atoms with E-state index in [-0.39, 0.29) is 43.2 Å². The molecule has 0 bridgehead atoms. The molecule has 21 heavy (non-hydrogen) atoms. The molecule has 0 aromatic heterocycles. The summed E-state index contributed by atoms with van der Waals surface area (Å²) >= 11 is 6.12. The number of carbonyl (C=O) groups excluding carboxylic acids is 1. The fourth-order valence-corrected chi connectivity index (χ4v) is 5.20. The summed E-state index contributed by atoms with van der Waals surface area (Å²) < 4.78 is 13.6. The number of amides is 1. The van der Waals surface area contributed by atoms with E-state index in [0.29, 0.717) is 5.02 Å². The SMILES string of the molecule is CC1(C)CC(N2C=C[Se]C2c2cc(F)cc(Cl)c2)C(=O)N1. The minimum absolute atomic E-state index is 0.0235. The summed E-state index contributed by atoms with van der Waals surface area (Å²) in [5, 5.41) is 3.40. The minimum atomic E-state index is -0.337. The van der Waals surface area contributed by atoms with Crippen molar-refractivity contribution in [3.05, 3.63) is 45.8 Å². The van der Waals surface area contributed by atoms with Gasteiger partial charge in [-0.05, 0) is 0 Å². The number of hydrogen-bond donors (Lipinski definition) is 1. The quantitative estimate of drug-likeness (QED) is 0.808. The number of nitrogens with one attached hydrogen (secondary N) is 1. The van der Waals surface area contributed by atoms with Crippen LogP contribution in [0.5, 0.6) is 0 Å². The molecule has 112 valence electrons. The van der Waals surface area contributed by atoms with Crippen LogP contribution in [0.3, 0.4) is 0 Å². The van der Waals surface area contributed by atoms with E-state index in [4.69, 9.17) is 11.6 Å². The fourth-order valence-electron chi connectivity index (χ4n) is 2.85. The Kier molecular flexibility index (Phi) is 3.76. The van der Waals surface area contributed by atoms with E-state index in [1.54, 1.807) is 6.07 Å². The van der Waals surface area contributed by atoms with Crippen LogP contribution in [0.25, 0.3) is 0 Å². The fraction of sp³-hybridized carbons (Fsp3) is 0.400. The Morgan fingerprint density at radius 1 is 1.43 bits per heavy atom. The summed E-state index contributed by atoms with van der Waals surface area (Å²) in [5.41, 5.74) is 0.637. The second-order valence-corrected chi connectivity index (χ2v) is 8.53. The molecule has 1 aromatic carbocycles. The molecule has 1 aromatic rings. The molecule has 0 saturated carbocycles. The number of benzene rings is 1. The van der Waals surface area contributed by atoms with E-state index >= 15 is 0 Å². The number of hydrogen-bond acceptors (Lipinski definition) is 2. The Balaban J connectivity index is 1.89. The van der Waals surface area contributed by atoms with Gasteiger partial charge in [-0.25, -0.2) is 0 Å². The number of nitrogens with zero attached hydrogens (tertiary/aromatic N) is 1. The van der Waals surface area contributed by atoms with Gasteiger partial charge < -0.3 is 0 Å². The van der Waals surface area contributed by atoms with Crippen molar-refractivity contribution in [1.29, 1.82) is 0 Å². The molecule has 2 heterocycles. The Bertz CT molecular complexity index is 599. The van der Waals surface area contributed by atoms with Crippen LogP contribution in [0.15, 0.2) is 29.4 Å². The van der Waals surface area contributed by atoms with Crippen molar-refractivity contribution >= 4 is 32.5 Å². The second kappa shape index (κ2) is 5.31. The van der Waals surface area contributed by atoms with Gasteiger partial charge in [0.05, 0.1) is 0 Å². The van der Waals surface area contributed by atoms with E-state index in [2.05, 4.69) is 15.2 Å². The second-order valence-electron chi connectivity index (χ2n) is 6.02. The zero-order valence-corrected chi connectivity index (χ0v) is 14.2. The molecule has 1 N–H and O–H groups in total. The topological polar surface area (TPSA) is 32.3 Å². The molecule has 2 unspecified atom stereocenters. The zero-order valence-electron chi connectivity index (χ0n) is 11.8. The van der Waals surface area contributed by atoms with Crippen LogP contribution in [0, 0.1) is 5.82 Å². The first-order chi connectivity index (χ1) is 9.85. The first-order valence-electron chi connectivity index (χ1n) is 6.73. The third kappa shape index (κ3) is 2.96. The van der Waals surface area contributed by atoms with E-state index in [0.717, 1.165) is 12.0 Å². The van der Waals surface area contributed by atoms with Crippen molar-refractivity contribution in [3.8, 4) is 0 Å². The van der Waals surface area contributed by atoms with Gasteiger partial charge in [0.15, 0.2) is 0 Å². The van der Waals surface area contributed by atoms with Gasteiger partial charge in [0, 0.05) is 0 Å². The molecule has 2 aliphatic heterocycles. The van der Waals surface area contributed by atoms with E-state index in [9.17, 15) is 9.18 Å². The normalized spacial score (nSPS) is 27.2. The maximum atomic E-state index is 13.6. The molecule has 3 rings (SSSR count). The predicted octanol–water partition coefficient (Wildman–Crippen LogP) is 2.64. The first-order valence-corrected chi connectivity index (χ1v) is 9.09. The Hall–Kier alpha value is -1.03. The maximum absolute atomic E-state index is 13.6. The third-order valence-corrected chi connectivity index (χ3v) is 6.13. The van der Waals surface area contributed by atoms with Crippen molar-refractivity contribution in [2.24, 2.45) is 0 Å². The van der Waals surface area contributed by atoms with Gasteiger partial charge in [0.25, 0.3) is 0 Å². The average Bonchev–Trinajstić information content (AvgIpc) is 2.91. The molecule has 0 spiro atoms. The zero-order chi connectivity index (χ0) is 15.2. The molecule has 2 aliphatic rings. The number of carbonyl (C=O) groups is 1. The van der Waals surface area contributed by atoms with Crippen LogP contribution in [0.1, 0.15) is 30.8 Å². The average molecular weight is 374 g/mol. The summed E-state index contributed by atoms with van der Waals surface area (Å²) in [7, 11) is 0. The molecule has 0 aliphatic carbocycles. The molecular formula is C15H16ClFN2OSe. The summed E-state index contributed by atoms with van der Waals surface area (Å²) in [5.74, 6) is -0.300. The van der Waals surface area contributed by atoms with Crippen molar-refractivity contribution < 1.29 is 9.18 Å². The van der Waals surface area contributed by atoms with Gasteiger partial charge in [-0.1, -0.05) is 0 Å². The monoisotopic (exact) mass is 374 g/mol. The molecule has 3 nitrogen and oxygen atoms in total. The third-order valence-electron chi connectivity index (χ3n) is 3.71. The van der Waals surface area contributed by atoms with Crippen LogP contribution < -0.4 is 5.32 Å². The van der Waals surface area contributed by atoms with Crippen LogP contribution in [-0.4, -0.2) is 37.3 Å². The molecule has 6 heteroatoms.